The fourth-order valence-electron chi connectivity index (χ4n) is 3.86. The molecule has 0 fully saturated rings. The summed E-state index contributed by atoms with van der Waals surface area (Å²) in [6.45, 7) is 1.64. The SMILES string of the molecule is CC1(Cl)c2ccccc2SC1S(=O)(=O)Nc1ccc(Cl)cc1NS(=O)(=O)c1cc2ccccc2o1. The van der Waals surface area contributed by atoms with Gasteiger partial charge in [0.2, 0.25) is 15.1 Å². The lowest BCUT2D eigenvalue weighted by Crippen LogP contribution is -2.36. The first kappa shape index (κ1) is 24.3. The molecule has 4 aromatic rings. The van der Waals surface area contributed by atoms with Crippen molar-refractivity contribution in [3.05, 3.63) is 83.4 Å². The Morgan fingerprint density at radius 3 is 2.37 bits per heavy atom. The van der Waals surface area contributed by atoms with Gasteiger partial charge >= 0.3 is 0 Å². The lowest BCUT2D eigenvalue weighted by atomic mass is 10.0. The summed E-state index contributed by atoms with van der Waals surface area (Å²) in [5.74, 6) is 0. The molecule has 1 aliphatic rings. The van der Waals surface area contributed by atoms with Crippen molar-refractivity contribution in [2.45, 2.75) is 26.4 Å². The standard InChI is InChI=1S/C23H18Cl2N2O5S3/c1-23(25)16-7-3-5-9-20(16)33-22(23)35(30,31)26-17-11-10-15(24)13-18(17)27-34(28,29)21-12-14-6-2-4-8-19(14)32-21/h2-13,22,26-27H,1H3. The molecule has 0 aliphatic carbocycles. The number of benzene rings is 3. The molecule has 0 spiro atoms. The Labute approximate surface area is 216 Å². The van der Waals surface area contributed by atoms with Gasteiger partial charge in [0.25, 0.3) is 10.0 Å². The molecule has 0 saturated carbocycles. The number of furan rings is 1. The van der Waals surface area contributed by atoms with E-state index < -0.39 is 29.5 Å². The topological polar surface area (TPSA) is 105 Å². The van der Waals surface area contributed by atoms with Gasteiger partial charge in [0, 0.05) is 21.4 Å². The predicted octanol–water partition coefficient (Wildman–Crippen LogP) is 6.21. The second-order valence-corrected chi connectivity index (χ2v) is 14.1. The van der Waals surface area contributed by atoms with Gasteiger partial charge in [0.15, 0.2) is 4.58 Å². The van der Waals surface area contributed by atoms with Crippen LogP contribution in [0, 0.1) is 0 Å². The van der Waals surface area contributed by atoms with E-state index in [9.17, 15) is 16.8 Å². The molecule has 2 atom stereocenters. The van der Waals surface area contributed by atoms with Crippen LogP contribution in [-0.2, 0) is 24.9 Å². The van der Waals surface area contributed by atoms with Crippen LogP contribution >= 0.6 is 35.0 Å². The summed E-state index contributed by atoms with van der Waals surface area (Å²) in [4.78, 5) is -0.435. The number of anilines is 2. The van der Waals surface area contributed by atoms with Crippen molar-refractivity contribution in [2.75, 3.05) is 9.44 Å². The number of rotatable bonds is 6. The van der Waals surface area contributed by atoms with E-state index in [2.05, 4.69) is 9.44 Å². The fraction of sp³-hybridized carbons (Fsp3) is 0.130. The van der Waals surface area contributed by atoms with E-state index in [-0.39, 0.29) is 21.5 Å². The average Bonchev–Trinajstić information content (AvgIpc) is 3.35. The van der Waals surface area contributed by atoms with Gasteiger partial charge < -0.3 is 4.42 Å². The molecular formula is C23H18Cl2N2O5S3. The van der Waals surface area contributed by atoms with Gasteiger partial charge in [-0.05, 0) is 42.8 Å². The van der Waals surface area contributed by atoms with Crippen LogP contribution in [-0.4, -0.2) is 21.4 Å². The Hall–Kier alpha value is -2.37. The Morgan fingerprint density at radius 2 is 1.63 bits per heavy atom. The Kier molecular flexibility index (Phi) is 6.00. The highest BCUT2D eigenvalue weighted by Gasteiger charge is 2.50. The summed E-state index contributed by atoms with van der Waals surface area (Å²) in [6.07, 6.45) is 0. The monoisotopic (exact) mass is 568 g/mol. The van der Waals surface area contributed by atoms with E-state index in [1.165, 1.54) is 24.3 Å². The van der Waals surface area contributed by atoms with Crippen molar-refractivity contribution in [3.8, 4) is 0 Å². The molecule has 0 radical (unpaired) electrons. The Morgan fingerprint density at radius 1 is 0.914 bits per heavy atom. The van der Waals surface area contributed by atoms with Crippen LogP contribution in [0.5, 0.6) is 0 Å². The van der Waals surface area contributed by atoms with Gasteiger partial charge in [0.05, 0.1) is 16.2 Å². The molecule has 0 saturated heterocycles. The highest BCUT2D eigenvalue weighted by atomic mass is 35.5. The maximum Gasteiger partial charge on any atom is 0.295 e. The van der Waals surface area contributed by atoms with Gasteiger partial charge in [-0.25, -0.2) is 8.42 Å². The van der Waals surface area contributed by atoms with Crippen molar-refractivity contribution < 1.29 is 21.3 Å². The molecule has 5 rings (SSSR count). The zero-order chi connectivity index (χ0) is 25.0. The van der Waals surface area contributed by atoms with E-state index in [1.54, 1.807) is 43.3 Å². The third kappa shape index (κ3) is 4.49. The Bertz CT molecular complexity index is 1630. The minimum Gasteiger partial charge on any atom is -0.443 e. The summed E-state index contributed by atoms with van der Waals surface area (Å²) >= 11 is 13.9. The van der Waals surface area contributed by atoms with E-state index in [0.29, 0.717) is 16.5 Å². The number of para-hydroxylation sites is 1. The number of halogens is 2. The average molecular weight is 570 g/mol. The molecule has 2 N–H and O–H groups in total. The summed E-state index contributed by atoms with van der Waals surface area (Å²) in [5, 5.41) is 0.502. The zero-order valence-corrected chi connectivity index (χ0v) is 22.0. The van der Waals surface area contributed by atoms with E-state index >= 15 is 0 Å². The van der Waals surface area contributed by atoms with Gasteiger partial charge in [-0.2, -0.15) is 8.42 Å². The third-order valence-electron chi connectivity index (χ3n) is 5.52. The van der Waals surface area contributed by atoms with Crippen LogP contribution in [0.1, 0.15) is 12.5 Å². The number of thioether (sulfide) groups is 1. The van der Waals surface area contributed by atoms with Crippen LogP contribution in [0.4, 0.5) is 11.4 Å². The summed E-state index contributed by atoms with van der Waals surface area (Å²) in [5.41, 5.74) is 1.06. The molecule has 35 heavy (non-hydrogen) atoms. The smallest absolute Gasteiger partial charge is 0.295 e. The second kappa shape index (κ2) is 8.63. The van der Waals surface area contributed by atoms with Gasteiger partial charge in [-0.3, -0.25) is 9.44 Å². The minimum atomic E-state index is -4.20. The lowest BCUT2D eigenvalue weighted by molar-refractivity contribution is 0.484. The van der Waals surface area contributed by atoms with E-state index in [4.69, 9.17) is 27.6 Å². The number of sulfonamides is 2. The molecule has 182 valence electrons. The maximum atomic E-state index is 13.4. The number of hydrogen-bond acceptors (Lipinski definition) is 6. The summed E-state index contributed by atoms with van der Waals surface area (Å²) in [6, 6.07) is 19.6. The molecule has 12 heteroatoms. The van der Waals surface area contributed by atoms with Crippen molar-refractivity contribution in [2.24, 2.45) is 0 Å². The largest absolute Gasteiger partial charge is 0.443 e. The molecular weight excluding hydrogens is 551 g/mol. The quantitative estimate of drug-likeness (QED) is 0.268. The number of fused-ring (bicyclic) bond motifs is 2. The summed E-state index contributed by atoms with van der Waals surface area (Å²) < 4.78 is 62.3. The molecule has 0 amide bonds. The molecule has 3 aromatic carbocycles. The van der Waals surface area contributed by atoms with E-state index in [0.717, 1.165) is 16.7 Å². The molecule has 2 unspecified atom stereocenters. The van der Waals surface area contributed by atoms with Crippen LogP contribution in [0.3, 0.4) is 0 Å². The van der Waals surface area contributed by atoms with E-state index in [1.807, 2.05) is 12.1 Å². The fourth-order valence-corrected chi connectivity index (χ4v) is 9.19. The number of nitrogens with one attached hydrogen (secondary N) is 2. The first-order valence-electron chi connectivity index (χ1n) is 10.2. The maximum absolute atomic E-state index is 13.4. The molecule has 1 aliphatic heterocycles. The van der Waals surface area contributed by atoms with Crippen molar-refractivity contribution in [3.63, 3.8) is 0 Å². The minimum absolute atomic E-state index is 0.00175. The molecule has 7 nitrogen and oxygen atoms in total. The second-order valence-electron chi connectivity index (χ2n) is 8.07. The van der Waals surface area contributed by atoms with Crippen LogP contribution in [0.2, 0.25) is 5.02 Å². The number of hydrogen-bond donors (Lipinski definition) is 2. The van der Waals surface area contributed by atoms with Crippen molar-refractivity contribution in [1.29, 1.82) is 0 Å². The highest BCUT2D eigenvalue weighted by Crippen LogP contribution is 2.54. The molecule has 2 heterocycles. The van der Waals surface area contributed by atoms with Crippen LogP contribution in [0.15, 0.2) is 87.2 Å². The first-order chi connectivity index (χ1) is 16.5. The van der Waals surface area contributed by atoms with Gasteiger partial charge in [0.1, 0.15) is 5.58 Å². The van der Waals surface area contributed by atoms with Crippen LogP contribution < -0.4 is 9.44 Å². The predicted molar refractivity (Wildman–Crippen MR) is 140 cm³/mol. The molecule has 1 aromatic heterocycles. The van der Waals surface area contributed by atoms with Gasteiger partial charge in [-0.15, -0.1) is 23.4 Å². The zero-order valence-electron chi connectivity index (χ0n) is 18.0. The van der Waals surface area contributed by atoms with Crippen molar-refractivity contribution >= 4 is 77.4 Å². The molecule has 0 bridgehead atoms. The Balaban J connectivity index is 1.47. The van der Waals surface area contributed by atoms with Crippen molar-refractivity contribution in [1.82, 2.24) is 0 Å². The van der Waals surface area contributed by atoms with Crippen LogP contribution in [0.25, 0.3) is 11.0 Å². The number of alkyl halides is 1. The highest BCUT2D eigenvalue weighted by molar-refractivity contribution is 8.14. The first-order valence-corrected chi connectivity index (χ1v) is 14.9. The third-order valence-corrected chi connectivity index (χ3v) is 11.5. The normalized spacial score (nSPS) is 20.0. The lowest BCUT2D eigenvalue weighted by Gasteiger charge is -2.25. The van der Waals surface area contributed by atoms with Gasteiger partial charge in [-0.1, -0.05) is 48.0 Å². The summed E-state index contributed by atoms with van der Waals surface area (Å²) in [7, 11) is -8.28.